The lowest BCUT2D eigenvalue weighted by Gasteiger charge is -2.35. The number of rotatable bonds is 3. The Balaban J connectivity index is 1.85. The van der Waals surface area contributed by atoms with E-state index in [0.29, 0.717) is 13.0 Å². The van der Waals surface area contributed by atoms with E-state index < -0.39 is 12.0 Å². The minimum Gasteiger partial charge on any atom is -0.467 e. The minimum atomic E-state index is -0.591. The van der Waals surface area contributed by atoms with Gasteiger partial charge in [0.05, 0.1) is 13.5 Å². The average molecular weight is 311 g/mol. The number of carbonyl (C=O) groups is 2. The van der Waals surface area contributed by atoms with Crippen LogP contribution in [0.2, 0.25) is 0 Å². The van der Waals surface area contributed by atoms with Crippen molar-refractivity contribution >= 4 is 11.9 Å². The molecule has 1 atom stereocenters. The molecule has 23 heavy (non-hydrogen) atoms. The molecule has 118 valence electrons. The van der Waals surface area contributed by atoms with E-state index in [1.165, 1.54) is 13.4 Å². The van der Waals surface area contributed by atoms with Crippen molar-refractivity contribution in [1.29, 1.82) is 0 Å². The molecule has 0 spiro atoms. The summed E-state index contributed by atoms with van der Waals surface area (Å²) >= 11 is 0. The Kier molecular flexibility index (Phi) is 4.32. The topological polar surface area (TPSA) is 72.4 Å². The van der Waals surface area contributed by atoms with E-state index in [0.717, 1.165) is 16.7 Å². The molecule has 1 aromatic heterocycles. The number of amides is 1. The number of methoxy groups -OCH3 is 1. The summed E-state index contributed by atoms with van der Waals surface area (Å²) in [5.74, 6) is -0.526. The standard InChI is InChI=1S/C17H17N3O3/c1-23-17(22)15-7-13-4-2-3-5-14(13)10-20(15)16(21)6-12-8-18-11-19-9-12/h2-5,8-9,11,15H,6-7,10H2,1H3/t15-/m1/s1. The van der Waals surface area contributed by atoms with Gasteiger partial charge in [0.15, 0.2) is 0 Å². The summed E-state index contributed by atoms with van der Waals surface area (Å²) in [4.78, 5) is 34.2. The fourth-order valence-corrected chi connectivity index (χ4v) is 2.83. The van der Waals surface area contributed by atoms with Gasteiger partial charge < -0.3 is 9.64 Å². The molecule has 2 heterocycles. The van der Waals surface area contributed by atoms with Crippen molar-refractivity contribution in [2.45, 2.75) is 25.4 Å². The van der Waals surface area contributed by atoms with Gasteiger partial charge in [0, 0.05) is 25.4 Å². The van der Waals surface area contributed by atoms with Crippen molar-refractivity contribution < 1.29 is 14.3 Å². The van der Waals surface area contributed by atoms with Crippen LogP contribution in [-0.4, -0.2) is 39.9 Å². The summed E-state index contributed by atoms with van der Waals surface area (Å²) in [6, 6.07) is 7.25. The van der Waals surface area contributed by atoms with E-state index in [4.69, 9.17) is 4.74 Å². The molecule has 6 nitrogen and oxygen atoms in total. The van der Waals surface area contributed by atoms with Crippen LogP contribution in [-0.2, 0) is 33.7 Å². The first-order chi connectivity index (χ1) is 11.2. The van der Waals surface area contributed by atoms with Gasteiger partial charge in [0.2, 0.25) is 5.91 Å². The van der Waals surface area contributed by atoms with Crippen LogP contribution in [0, 0.1) is 0 Å². The fraction of sp³-hybridized carbons (Fsp3) is 0.294. The molecule has 1 aromatic carbocycles. The van der Waals surface area contributed by atoms with E-state index in [9.17, 15) is 9.59 Å². The summed E-state index contributed by atoms with van der Waals surface area (Å²) in [7, 11) is 1.34. The van der Waals surface area contributed by atoms with Crippen molar-refractivity contribution in [3.8, 4) is 0 Å². The number of ether oxygens (including phenoxy) is 1. The number of hydrogen-bond donors (Lipinski definition) is 0. The number of esters is 1. The quantitative estimate of drug-likeness (QED) is 0.795. The smallest absolute Gasteiger partial charge is 0.328 e. The van der Waals surface area contributed by atoms with Crippen LogP contribution in [0.1, 0.15) is 16.7 Å². The van der Waals surface area contributed by atoms with Gasteiger partial charge in [-0.3, -0.25) is 4.79 Å². The molecule has 0 bridgehead atoms. The molecule has 2 aromatic rings. The lowest BCUT2D eigenvalue weighted by Crippen LogP contribution is -2.49. The highest BCUT2D eigenvalue weighted by Crippen LogP contribution is 2.24. The van der Waals surface area contributed by atoms with Crippen LogP contribution >= 0.6 is 0 Å². The molecule has 0 unspecified atom stereocenters. The van der Waals surface area contributed by atoms with Crippen LogP contribution in [0.4, 0.5) is 0 Å². The third-order valence-corrected chi connectivity index (χ3v) is 4.01. The number of fused-ring (bicyclic) bond motifs is 1. The van der Waals surface area contributed by atoms with Crippen molar-refractivity contribution in [1.82, 2.24) is 14.9 Å². The van der Waals surface area contributed by atoms with Crippen LogP contribution in [0.25, 0.3) is 0 Å². The van der Waals surface area contributed by atoms with Crippen molar-refractivity contribution in [2.24, 2.45) is 0 Å². The zero-order chi connectivity index (χ0) is 16.2. The highest BCUT2D eigenvalue weighted by molar-refractivity contribution is 5.86. The van der Waals surface area contributed by atoms with Crippen molar-refractivity contribution in [3.63, 3.8) is 0 Å². The molecule has 0 radical (unpaired) electrons. The minimum absolute atomic E-state index is 0.135. The number of carbonyl (C=O) groups excluding carboxylic acids is 2. The molecule has 0 aliphatic carbocycles. The Morgan fingerprint density at radius 2 is 1.91 bits per heavy atom. The molecule has 3 rings (SSSR count). The summed E-state index contributed by atoms with van der Waals surface area (Å²) in [6.07, 6.45) is 5.27. The maximum atomic E-state index is 12.7. The first kappa shape index (κ1) is 15.1. The second-order valence-corrected chi connectivity index (χ2v) is 5.46. The molecule has 0 fully saturated rings. The Hall–Kier alpha value is -2.76. The van der Waals surface area contributed by atoms with E-state index in [1.807, 2.05) is 24.3 Å². The van der Waals surface area contributed by atoms with E-state index in [2.05, 4.69) is 9.97 Å². The van der Waals surface area contributed by atoms with Crippen LogP contribution < -0.4 is 0 Å². The first-order valence-electron chi connectivity index (χ1n) is 7.37. The normalized spacial score (nSPS) is 16.6. The second-order valence-electron chi connectivity index (χ2n) is 5.46. The zero-order valence-corrected chi connectivity index (χ0v) is 12.8. The Morgan fingerprint density at radius 3 is 2.61 bits per heavy atom. The van der Waals surface area contributed by atoms with Crippen LogP contribution in [0.3, 0.4) is 0 Å². The fourth-order valence-electron chi connectivity index (χ4n) is 2.83. The highest BCUT2D eigenvalue weighted by atomic mass is 16.5. The molecule has 6 heteroatoms. The summed E-state index contributed by atoms with van der Waals surface area (Å²) in [5.41, 5.74) is 2.86. The van der Waals surface area contributed by atoms with Crippen LogP contribution in [0.5, 0.6) is 0 Å². The predicted molar refractivity (Wildman–Crippen MR) is 82.2 cm³/mol. The van der Waals surface area contributed by atoms with Gasteiger partial charge in [-0.2, -0.15) is 0 Å². The molecule has 0 N–H and O–H groups in total. The van der Waals surface area contributed by atoms with Gasteiger partial charge in [0.1, 0.15) is 12.4 Å². The highest BCUT2D eigenvalue weighted by Gasteiger charge is 2.35. The molecule has 1 amide bonds. The average Bonchev–Trinajstić information content (AvgIpc) is 2.60. The monoisotopic (exact) mass is 311 g/mol. The SMILES string of the molecule is COC(=O)[C@H]1Cc2ccccc2CN1C(=O)Cc1cncnc1. The van der Waals surface area contributed by atoms with Gasteiger partial charge in [-0.15, -0.1) is 0 Å². The third kappa shape index (κ3) is 3.21. The van der Waals surface area contributed by atoms with Gasteiger partial charge in [0.25, 0.3) is 0 Å². The van der Waals surface area contributed by atoms with E-state index >= 15 is 0 Å². The molecule has 1 aliphatic rings. The second kappa shape index (κ2) is 6.56. The maximum Gasteiger partial charge on any atom is 0.328 e. The Bertz CT molecular complexity index is 718. The number of hydrogen-bond acceptors (Lipinski definition) is 5. The van der Waals surface area contributed by atoms with Crippen LogP contribution in [0.15, 0.2) is 43.0 Å². The number of nitrogens with zero attached hydrogens (tertiary/aromatic N) is 3. The molecule has 0 saturated heterocycles. The number of benzene rings is 1. The summed E-state index contributed by atoms with van der Waals surface area (Å²) in [6.45, 7) is 0.405. The van der Waals surface area contributed by atoms with Crippen molar-refractivity contribution in [3.05, 3.63) is 59.7 Å². The van der Waals surface area contributed by atoms with Gasteiger partial charge in [-0.05, 0) is 16.7 Å². The predicted octanol–water partition coefficient (Wildman–Crippen LogP) is 1.15. The lowest BCUT2D eigenvalue weighted by atomic mass is 9.93. The first-order valence-corrected chi connectivity index (χ1v) is 7.37. The van der Waals surface area contributed by atoms with E-state index in [-0.39, 0.29) is 12.3 Å². The van der Waals surface area contributed by atoms with Crippen molar-refractivity contribution in [2.75, 3.05) is 7.11 Å². The van der Waals surface area contributed by atoms with Gasteiger partial charge >= 0.3 is 5.97 Å². The third-order valence-electron chi connectivity index (χ3n) is 4.01. The largest absolute Gasteiger partial charge is 0.467 e. The summed E-state index contributed by atoms with van der Waals surface area (Å²) in [5, 5.41) is 0. The molecular weight excluding hydrogens is 294 g/mol. The van der Waals surface area contributed by atoms with Gasteiger partial charge in [-0.25, -0.2) is 14.8 Å². The Morgan fingerprint density at radius 1 is 1.22 bits per heavy atom. The Labute approximate surface area is 134 Å². The maximum absolute atomic E-state index is 12.7. The molecule has 1 aliphatic heterocycles. The van der Waals surface area contributed by atoms with E-state index in [1.54, 1.807) is 17.3 Å². The lowest BCUT2D eigenvalue weighted by molar-refractivity contribution is -0.153. The summed E-state index contributed by atoms with van der Waals surface area (Å²) < 4.78 is 4.88. The number of aromatic nitrogens is 2. The molecule has 0 saturated carbocycles. The zero-order valence-electron chi connectivity index (χ0n) is 12.8. The molecular formula is C17H17N3O3. The van der Waals surface area contributed by atoms with Gasteiger partial charge in [-0.1, -0.05) is 24.3 Å².